The van der Waals surface area contributed by atoms with E-state index >= 15 is 0 Å². The van der Waals surface area contributed by atoms with E-state index in [0.29, 0.717) is 18.2 Å². The van der Waals surface area contributed by atoms with Crippen molar-refractivity contribution in [2.24, 2.45) is 0 Å². The second-order valence-corrected chi connectivity index (χ2v) is 8.45. The van der Waals surface area contributed by atoms with Crippen molar-refractivity contribution in [2.45, 2.75) is 5.09 Å². The number of nitrogens with one attached hydrogen (secondary N) is 1. The van der Waals surface area contributed by atoms with Crippen molar-refractivity contribution in [1.29, 1.82) is 0 Å². The lowest BCUT2D eigenvalue weighted by Gasteiger charge is -2.24. The van der Waals surface area contributed by atoms with Crippen molar-refractivity contribution in [3.63, 3.8) is 0 Å². The molecule has 0 unspecified atom stereocenters. The van der Waals surface area contributed by atoms with Gasteiger partial charge in [0, 0.05) is 18.1 Å². The maximum atomic E-state index is 12.5. The highest BCUT2D eigenvalue weighted by molar-refractivity contribution is 7.89. The van der Waals surface area contributed by atoms with Crippen LogP contribution in [0.4, 0.5) is 5.69 Å². The largest absolute Gasteiger partial charge is 0.438 e. The van der Waals surface area contributed by atoms with Gasteiger partial charge in [0.15, 0.2) is 5.76 Å². The highest BCUT2D eigenvalue weighted by atomic mass is 35.5. The van der Waals surface area contributed by atoms with Crippen molar-refractivity contribution in [2.75, 3.05) is 31.6 Å². The maximum Gasteiger partial charge on any atom is 0.291 e. The Kier molecular flexibility index (Phi) is 5.81. The smallest absolute Gasteiger partial charge is 0.291 e. The van der Waals surface area contributed by atoms with Crippen molar-refractivity contribution >= 4 is 56.4 Å². The Hall–Kier alpha value is -1.29. The van der Waals surface area contributed by atoms with Gasteiger partial charge >= 0.3 is 0 Å². The third kappa shape index (κ3) is 4.00. The van der Waals surface area contributed by atoms with Crippen molar-refractivity contribution in [3.05, 3.63) is 45.1 Å². The quantitative estimate of drug-likeness (QED) is 0.787. The minimum absolute atomic E-state index is 0.142. The number of halogens is 3. The summed E-state index contributed by atoms with van der Waals surface area (Å²) in [5.74, 6) is -0.890. The molecule has 7 nitrogen and oxygen atoms in total. The Morgan fingerprint density at radius 3 is 2.31 bits per heavy atom. The van der Waals surface area contributed by atoms with E-state index in [2.05, 4.69) is 5.32 Å². The summed E-state index contributed by atoms with van der Waals surface area (Å²) < 4.78 is 36.7. The van der Waals surface area contributed by atoms with Gasteiger partial charge in [-0.25, -0.2) is 8.42 Å². The van der Waals surface area contributed by atoms with Crippen molar-refractivity contribution < 1.29 is 22.4 Å². The molecule has 11 heteroatoms. The lowest BCUT2D eigenvalue weighted by Crippen LogP contribution is -2.40. The van der Waals surface area contributed by atoms with E-state index in [1.54, 1.807) is 0 Å². The summed E-state index contributed by atoms with van der Waals surface area (Å²) in [5, 5.41) is 2.76. The molecule has 3 rings (SSSR count). The molecule has 0 radical (unpaired) electrons. The van der Waals surface area contributed by atoms with Crippen LogP contribution in [0.3, 0.4) is 0 Å². The Morgan fingerprint density at radius 1 is 1.08 bits per heavy atom. The van der Waals surface area contributed by atoms with Crippen LogP contribution in [0, 0.1) is 0 Å². The van der Waals surface area contributed by atoms with E-state index in [9.17, 15) is 13.2 Å². The van der Waals surface area contributed by atoms with Crippen LogP contribution < -0.4 is 5.32 Å². The number of carbonyl (C=O) groups is 1. The Morgan fingerprint density at radius 2 is 1.69 bits per heavy atom. The first-order valence-corrected chi connectivity index (χ1v) is 10.00. The summed E-state index contributed by atoms with van der Waals surface area (Å²) >= 11 is 17.9. The Balaban J connectivity index is 1.80. The lowest BCUT2D eigenvalue weighted by molar-refractivity contribution is 0.0723. The van der Waals surface area contributed by atoms with E-state index < -0.39 is 15.9 Å². The van der Waals surface area contributed by atoms with Crippen molar-refractivity contribution in [3.8, 4) is 0 Å². The molecule has 1 aromatic heterocycles. The van der Waals surface area contributed by atoms with Crippen LogP contribution in [-0.4, -0.2) is 44.9 Å². The number of amides is 1. The van der Waals surface area contributed by atoms with Crippen LogP contribution in [-0.2, 0) is 14.8 Å². The number of carbonyl (C=O) groups excluding carboxylic acids is 1. The van der Waals surface area contributed by atoms with Crippen LogP contribution >= 0.6 is 34.8 Å². The van der Waals surface area contributed by atoms with Gasteiger partial charge in [0.25, 0.3) is 15.9 Å². The first kappa shape index (κ1) is 19.5. The van der Waals surface area contributed by atoms with Crippen LogP contribution in [0.15, 0.2) is 33.8 Å². The Labute approximate surface area is 164 Å². The number of morpholine rings is 1. The third-order valence-electron chi connectivity index (χ3n) is 3.61. The highest BCUT2D eigenvalue weighted by Crippen LogP contribution is 2.34. The van der Waals surface area contributed by atoms with E-state index in [1.807, 2.05) is 0 Å². The first-order valence-electron chi connectivity index (χ1n) is 7.42. The molecule has 1 amide bonds. The van der Waals surface area contributed by atoms with Crippen LogP contribution in [0.2, 0.25) is 15.1 Å². The number of benzene rings is 1. The number of anilines is 1. The van der Waals surface area contributed by atoms with E-state index in [1.165, 1.54) is 28.6 Å². The van der Waals surface area contributed by atoms with Crippen molar-refractivity contribution in [1.82, 2.24) is 4.31 Å². The molecule has 2 heterocycles. The second kappa shape index (κ2) is 7.75. The van der Waals surface area contributed by atoms with E-state index in [-0.39, 0.29) is 39.7 Å². The molecule has 1 N–H and O–H groups in total. The topological polar surface area (TPSA) is 88.9 Å². The fourth-order valence-electron chi connectivity index (χ4n) is 2.33. The van der Waals surface area contributed by atoms with Gasteiger partial charge < -0.3 is 14.5 Å². The minimum atomic E-state index is -3.83. The van der Waals surface area contributed by atoms with Gasteiger partial charge in [-0.05, 0) is 24.3 Å². The lowest BCUT2D eigenvalue weighted by atomic mass is 10.3. The number of rotatable bonds is 4. The number of nitrogens with zero attached hydrogens (tertiary/aromatic N) is 1. The number of hydrogen-bond donors (Lipinski definition) is 1. The number of hydrogen-bond acceptors (Lipinski definition) is 5. The zero-order valence-electron chi connectivity index (χ0n) is 13.2. The second-order valence-electron chi connectivity index (χ2n) is 5.33. The summed E-state index contributed by atoms with van der Waals surface area (Å²) in [5.41, 5.74) is 0.150. The minimum Gasteiger partial charge on any atom is -0.438 e. The average molecular weight is 440 g/mol. The first-order chi connectivity index (χ1) is 12.3. The molecule has 0 atom stereocenters. The normalized spacial score (nSPS) is 15.8. The summed E-state index contributed by atoms with van der Waals surface area (Å²) in [6.07, 6.45) is 0. The van der Waals surface area contributed by atoms with E-state index in [4.69, 9.17) is 44.0 Å². The molecular formula is C15H13Cl3N2O5S. The molecule has 0 spiro atoms. The van der Waals surface area contributed by atoms with Gasteiger partial charge in [-0.2, -0.15) is 4.31 Å². The molecule has 0 bridgehead atoms. The molecule has 1 fully saturated rings. The fourth-order valence-corrected chi connectivity index (χ4v) is 4.56. The number of ether oxygens (including phenoxy) is 1. The summed E-state index contributed by atoms with van der Waals surface area (Å²) in [6, 6.07) is 5.33. The summed E-state index contributed by atoms with van der Waals surface area (Å²) in [4.78, 5) is 12.3. The Bertz CT molecular complexity index is 916. The zero-order chi connectivity index (χ0) is 18.9. The predicted molar refractivity (Wildman–Crippen MR) is 97.7 cm³/mol. The SMILES string of the molecule is O=C(Nc1c(Cl)cc(Cl)cc1Cl)c1ccc(S(=O)(=O)N2CCOCC2)o1. The van der Waals surface area contributed by atoms with Gasteiger partial charge in [-0.15, -0.1) is 0 Å². The van der Waals surface area contributed by atoms with Gasteiger partial charge in [-0.3, -0.25) is 4.79 Å². The van der Waals surface area contributed by atoms with Crippen LogP contribution in [0.25, 0.3) is 0 Å². The molecule has 140 valence electrons. The zero-order valence-corrected chi connectivity index (χ0v) is 16.3. The monoisotopic (exact) mass is 438 g/mol. The molecule has 26 heavy (non-hydrogen) atoms. The number of furan rings is 1. The average Bonchev–Trinajstić information content (AvgIpc) is 3.09. The predicted octanol–water partition coefficient (Wildman–Crippen LogP) is 3.51. The number of sulfonamides is 1. The van der Waals surface area contributed by atoms with Gasteiger partial charge in [0.05, 0.1) is 28.9 Å². The van der Waals surface area contributed by atoms with Gasteiger partial charge in [0.2, 0.25) is 5.09 Å². The summed E-state index contributed by atoms with van der Waals surface area (Å²) in [6.45, 7) is 1.06. The van der Waals surface area contributed by atoms with Gasteiger partial charge in [0.1, 0.15) is 0 Å². The molecule has 2 aromatic rings. The van der Waals surface area contributed by atoms with Crippen LogP contribution in [0.5, 0.6) is 0 Å². The van der Waals surface area contributed by atoms with E-state index in [0.717, 1.165) is 0 Å². The standard InChI is InChI=1S/C15H13Cl3N2O5S/c16-9-7-10(17)14(11(18)8-9)19-15(21)12-1-2-13(25-12)26(22,23)20-3-5-24-6-4-20/h1-2,7-8H,3-6H2,(H,19,21). The fraction of sp³-hybridized carbons (Fsp3) is 0.267. The molecule has 1 saturated heterocycles. The summed E-state index contributed by atoms with van der Waals surface area (Å²) in [7, 11) is -3.83. The van der Waals surface area contributed by atoms with Gasteiger partial charge in [-0.1, -0.05) is 34.8 Å². The molecule has 1 aliphatic heterocycles. The molecule has 0 saturated carbocycles. The molecular weight excluding hydrogens is 427 g/mol. The van der Waals surface area contributed by atoms with Crippen LogP contribution in [0.1, 0.15) is 10.6 Å². The third-order valence-corrected chi connectivity index (χ3v) is 6.20. The highest BCUT2D eigenvalue weighted by Gasteiger charge is 2.30. The molecule has 0 aliphatic carbocycles. The molecule has 1 aliphatic rings. The molecule has 1 aromatic carbocycles. The maximum absolute atomic E-state index is 12.5.